The molecule has 5 N–H and O–H groups in total. The maximum absolute atomic E-state index is 12.3. The first kappa shape index (κ1) is 21.7. The Morgan fingerprint density at radius 2 is 1.83 bits per heavy atom. The fourth-order valence-corrected chi connectivity index (χ4v) is 4.13. The van der Waals surface area contributed by atoms with E-state index in [2.05, 4.69) is 20.9 Å². The Balaban J connectivity index is 2.26. The highest BCUT2D eigenvalue weighted by atomic mass is 79.9. The summed E-state index contributed by atoms with van der Waals surface area (Å²) < 4.78 is 12.2. The van der Waals surface area contributed by atoms with Crippen molar-refractivity contribution in [1.29, 1.82) is 0 Å². The molecule has 0 aliphatic heterocycles. The number of halogens is 1. The zero-order valence-corrected chi connectivity index (χ0v) is 17.7. The molecule has 1 aromatic carbocycles. The number of carboxylic acids is 2. The number of hydrogen-bond acceptors (Lipinski definition) is 6. The van der Waals surface area contributed by atoms with Gasteiger partial charge in [0.25, 0.3) is 5.56 Å². The molecule has 0 unspecified atom stereocenters. The van der Waals surface area contributed by atoms with Gasteiger partial charge in [-0.2, -0.15) is 0 Å². The van der Waals surface area contributed by atoms with E-state index in [1.165, 1.54) is 12.1 Å². The van der Waals surface area contributed by atoms with Crippen LogP contribution in [0.5, 0.6) is 11.5 Å². The third-order valence-corrected chi connectivity index (χ3v) is 5.45. The number of nitrogens with one attached hydrogen (secondary N) is 1. The molecule has 1 saturated carbocycles. The first-order chi connectivity index (χ1) is 14.2. The van der Waals surface area contributed by atoms with Crippen molar-refractivity contribution in [2.75, 3.05) is 12.3 Å². The molecule has 2 aromatic rings. The number of rotatable bonds is 7. The summed E-state index contributed by atoms with van der Waals surface area (Å²) in [6, 6.07) is 2.96. The van der Waals surface area contributed by atoms with Gasteiger partial charge in [-0.1, -0.05) is 0 Å². The van der Waals surface area contributed by atoms with Crippen LogP contribution in [0.4, 0.5) is 5.82 Å². The molecule has 9 nitrogen and oxygen atoms in total. The Bertz CT molecular complexity index is 1060. The molecule has 1 heterocycles. The molecule has 1 aromatic heterocycles. The van der Waals surface area contributed by atoms with Crippen LogP contribution in [0.3, 0.4) is 0 Å². The van der Waals surface area contributed by atoms with E-state index in [4.69, 9.17) is 15.2 Å². The number of nitrogens with two attached hydrogens (primary N) is 1. The quantitative estimate of drug-likeness (QED) is 0.469. The summed E-state index contributed by atoms with van der Waals surface area (Å²) in [5.74, 6) is -2.73. The third-order valence-electron chi connectivity index (χ3n) is 4.86. The smallest absolute Gasteiger partial charge is 0.342 e. The summed E-state index contributed by atoms with van der Waals surface area (Å²) in [6.45, 7) is 2.07. The first-order valence-electron chi connectivity index (χ1n) is 9.40. The lowest BCUT2D eigenvalue weighted by Crippen LogP contribution is -2.24. The fraction of sp³-hybridized carbons (Fsp3) is 0.350. The van der Waals surface area contributed by atoms with Crippen molar-refractivity contribution in [3.63, 3.8) is 0 Å². The predicted molar refractivity (Wildman–Crippen MR) is 113 cm³/mol. The van der Waals surface area contributed by atoms with Gasteiger partial charge in [0.2, 0.25) is 0 Å². The van der Waals surface area contributed by atoms with Crippen LogP contribution in [0.1, 0.15) is 53.3 Å². The zero-order chi connectivity index (χ0) is 22.0. The molecule has 0 bridgehead atoms. The number of benzene rings is 1. The number of ether oxygens (including phenoxy) is 2. The van der Waals surface area contributed by atoms with Crippen LogP contribution >= 0.6 is 15.9 Å². The van der Waals surface area contributed by atoms with Crippen molar-refractivity contribution in [3.05, 3.63) is 38.1 Å². The van der Waals surface area contributed by atoms with Crippen LogP contribution in [-0.2, 0) is 0 Å². The Morgan fingerprint density at radius 1 is 1.20 bits per heavy atom. The number of nitrogen functional groups attached to an aromatic ring is 1. The number of carbonyl (C=O) groups is 2. The number of pyridine rings is 1. The van der Waals surface area contributed by atoms with Crippen molar-refractivity contribution in [2.45, 2.75) is 38.7 Å². The second kappa shape index (κ2) is 8.78. The summed E-state index contributed by atoms with van der Waals surface area (Å²) >= 11 is 3.42. The predicted octanol–water partition coefficient (Wildman–Crippen LogP) is 3.50. The summed E-state index contributed by atoms with van der Waals surface area (Å²) in [7, 11) is 0. The average Bonchev–Trinajstić information content (AvgIpc) is 3.16. The Hall–Kier alpha value is -3.01. The Morgan fingerprint density at radius 3 is 2.40 bits per heavy atom. The SMILES string of the molecule is CCOc1cc(-c2c(C(=O)O)c(N)[nH]c(=O)c2C(=O)O)cc(Br)c1OC1CCCC1. The van der Waals surface area contributed by atoms with Gasteiger partial charge in [0, 0.05) is 5.56 Å². The highest BCUT2D eigenvalue weighted by molar-refractivity contribution is 9.10. The van der Waals surface area contributed by atoms with E-state index < -0.39 is 34.4 Å². The maximum atomic E-state index is 12.3. The van der Waals surface area contributed by atoms with Gasteiger partial charge in [0.1, 0.15) is 16.9 Å². The zero-order valence-electron chi connectivity index (χ0n) is 16.2. The van der Waals surface area contributed by atoms with Gasteiger partial charge < -0.3 is 30.4 Å². The van der Waals surface area contributed by atoms with E-state index in [1.807, 2.05) is 0 Å². The molecule has 1 aliphatic carbocycles. The Labute approximate surface area is 179 Å². The molecular weight excluding hydrogens is 460 g/mol. The second-order valence-corrected chi connectivity index (χ2v) is 7.70. The lowest BCUT2D eigenvalue weighted by molar-refractivity contribution is 0.0695. The van der Waals surface area contributed by atoms with Crippen molar-refractivity contribution < 1.29 is 29.3 Å². The minimum absolute atomic E-state index is 0.0331. The van der Waals surface area contributed by atoms with Gasteiger partial charge >= 0.3 is 11.9 Å². The normalized spacial score (nSPS) is 13.9. The maximum Gasteiger partial charge on any atom is 0.342 e. The largest absolute Gasteiger partial charge is 0.490 e. The average molecular weight is 481 g/mol. The molecule has 1 aliphatic rings. The highest BCUT2D eigenvalue weighted by Crippen LogP contribution is 2.43. The van der Waals surface area contributed by atoms with Crippen LogP contribution in [0.25, 0.3) is 11.1 Å². The van der Waals surface area contributed by atoms with E-state index in [0.717, 1.165) is 25.7 Å². The number of aromatic nitrogens is 1. The van der Waals surface area contributed by atoms with Crippen molar-refractivity contribution in [3.8, 4) is 22.6 Å². The van der Waals surface area contributed by atoms with Gasteiger partial charge in [-0.25, -0.2) is 9.59 Å². The fourth-order valence-electron chi connectivity index (χ4n) is 3.60. The van der Waals surface area contributed by atoms with Gasteiger partial charge in [-0.05, 0) is 66.2 Å². The van der Waals surface area contributed by atoms with Crippen LogP contribution in [0.2, 0.25) is 0 Å². The number of carboxylic acid groups (broad SMARTS) is 2. The van der Waals surface area contributed by atoms with Crippen molar-refractivity contribution >= 4 is 33.7 Å². The van der Waals surface area contributed by atoms with Gasteiger partial charge in [-0.3, -0.25) is 4.79 Å². The first-order valence-corrected chi connectivity index (χ1v) is 10.2. The highest BCUT2D eigenvalue weighted by Gasteiger charge is 2.28. The van der Waals surface area contributed by atoms with Gasteiger partial charge in [0.15, 0.2) is 11.5 Å². The molecule has 30 heavy (non-hydrogen) atoms. The molecule has 0 atom stereocenters. The monoisotopic (exact) mass is 480 g/mol. The van der Waals surface area contributed by atoms with E-state index in [0.29, 0.717) is 22.6 Å². The van der Waals surface area contributed by atoms with Crippen LogP contribution in [-0.4, -0.2) is 39.8 Å². The third kappa shape index (κ3) is 4.13. The molecule has 3 rings (SSSR count). The molecule has 160 valence electrons. The molecule has 0 spiro atoms. The van der Waals surface area contributed by atoms with Crippen LogP contribution in [0, 0.1) is 0 Å². The second-order valence-electron chi connectivity index (χ2n) is 6.85. The number of H-pyrrole nitrogens is 1. The molecule has 10 heteroatoms. The number of aromatic amines is 1. The Kier molecular flexibility index (Phi) is 6.35. The van der Waals surface area contributed by atoms with Crippen LogP contribution in [0.15, 0.2) is 21.4 Å². The molecule has 0 radical (unpaired) electrons. The summed E-state index contributed by atoms with van der Waals surface area (Å²) in [5, 5.41) is 19.2. The van der Waals surface area contributed by atoms with E-state index >= 15 is 0 Å². The van der Waals surface area contributed by atoms with E-state index in [9.17, 15) is 24.6 Å². The van der Waals surface area contributed by atoms with E-state index in [-0.39, 0.29) is 17.2 Å². The molecule has 0 amide bonds. The lowest BCUT2D eigenvalue weighted by Gasteiger charge is -2.20. The molecular formula is C20H21BrN2O7. The summed E-state index contributed by atoms with van der Waals surface area (Å²) in [5.41, 5.74) is 3.33. The minimum atomic E-state index is -1.57. The molecule has 1 fully saturated rings. The lowest BCUT2D eigenvalue weighted by atomic mass is 9.95. The molecule has 0 saturated heterocycles. The van der Waals surface area contributed by atoms with Crippen LogP contribution < -0.4 is 20.8 Å². The number of hydrogen-bond donors (Lipinski definition) is 4. The number of anilines is 1. The van der Waals surface area contributed by atoms with E-state index in [1.54, 1.807) is 6.92 Å². The van der Waals surface area contributed by atoms with Gasteiger partial charge in [0.05, 0.1) is 17.2 Å². The number of aromatic carboxylic acids is 2. The summed E-state index contributed by atoms with van der Waals surface area (Å²) in [6.07, 6.45) is 4.00. The topological polar surface area (TPSA) is 152 Å². The van der Waals surface area contributed by atoms with Crippen molar-refractivity contribution in [2.24, 2.45) is 0 Å². The van der Waals surface area contributed by atoms with Crippen molar-refractivity contribution in [1.82, 2.24) is 4.98 Å². The summed E-state index contributed by atoms with van der Waals surface area (Å²) in [4.78, 5) is 38.0. The van der Waals surface area contributed by atoms with Gasteiger partial charge in [-0.15, -0.1) is 0 Å². The standard InChI is InChI=1S/C20H21BrN2O7/c1-2-29-12-8-9(7-11(21)16(12)30-10-5-3-4-6-10)13-14(19(25)26)17(22)23-18(24)15(13)20(27)28/h7-8,10H,2-6H2,1H3,(H,25,26)(H,27,28)(H3,22,23,24). The minimum Gasteiger partial charge on any atom is -0.490 e.